The molecule has 1 aliphatic rings. The highest BCUT2D eigenvalue weighted by molar-refractivity contribution is 7.99. The van der Waals surface area contributed by atoms with E-state index >= 15 is 0 Å². The predicted molar refractivity (Wildman–Crippen MR) is 122 cm³/mol. The van der Waals surface area contributed by atoms with Crippen LogP contribution in [0.25, 0.3) is 16.6 Å². The Morgan fingerprint density at radius 1 is 1.00 bits per heavy atom. The molecular formula is C24H27N3O2S. The summed E-state index contributed by atoms with van der Waals surface area (Å²) in [6, 6.07) is 15.3. The van der Waals surface area contributed by atoms with E-state index in [2.05, 4.69) is 6.92 Å². The van der Waals surface area contributed by atoms with Crippen molar-refractivity contribution in [1.82, 2.24) is 14.5 Å². The number of likely N-dealkylation sites (tertiary alicyclic amines) is 1. The number of nitrogens with zero attached hydrogens (tertiary/aromatic N) is 3. The number of fused-ring (bicyclic) bond motifs is 1. The van der Waals surface area contributed by atoms with E-state index in [0.29, 0.717) is 21.8 Å². The Hall–Kier alpha value is -2.60. The van der Waals surface area contributed by atoms with Gasteiger partial charge in [-0.15, -0.1) is 0 Å². The lowest BCUT2D eigenvalue weighted by atomic mass is 10.1. The molecule has 0 radical (unpaired) electrons. The lowest BCUT2D eigenvalue weighted by molar-refractivity contribution is -0.128. The summed E-state index contributed by atoms with van der Waals surface area (Å²) < 4.78 is 1.68. The number of aromatic nitrogens is 2. The van der Waals surface area contributed by atoms with Crippen molar-refractivity contribution in [3.05, 3.63) is 64.4 Å². The number of benzene rings is 2. The SMILES string of the molecule is CCc1ccccc1-n1c(SCC(=O)N2CCCCCC2)nc2ccccc2c1=O. The second kappa shape index (κ2) is 9.47. The van der Waals surface area contributed by atoms with E-state index in [1.54, 1.807) is 4.57 Å². The van der Waals surface area contributed by atoms with E-state index in [0.717, 1.165) is 43.6 Å². The van der Waals surface area contributed by atoms with Crippen LogP contribution in [0.5, 0.6) is 0 Å². The second-order valence-electron chi connectivity index (χ2n) is 7.62. The van der Waals surface area contributed by atoms with Crippen molar-refractivity contribution in [3.63, 3.8) is 0 Å². The molecule has 1 saturated heterocycles. The number of para-hydroxylation sites is 2. The molecule has 6 heteroatoms. The van der Waals surface area contributed by atoms with Crippen molar-refractivity contribution in [2.24, 2.45) is 0 Å². The molecule has 2 aromatic carbocycles. The van der Waals surface area contributed by atoms with Crippen LogP contribution in [0, 0.1) is 0 Å². The Morgan fingerprint density at radius 3 is 2.47 bits per heavy atom. The van der Waals surface area contributed by atoms with Crippen LogP contribution in [-0.2, 0) is 11.2 Å². The highest BCUT2D eigenvalue weighted by Crippen LogP contribution is 2.24. The average Bonchev–Trinajstić information content (AvgIpc) is 3.07. The zero-order valence-corrected chi connectivity index (χ0v) is 18.2. The van der Waals surface area contributed by atoms with Crippen LogP contribution < -0.4 is 5.56 Å². The molecule has 0 atom stereocenters. The predicted octanol–water partition coefficient (Wildman–Crippen LogP) is 4.44. The Bertz CT molecular complexity index is 1100. The molecule has 0 bridgehead atoms. The molecule has 1 amide bonds. The first-order chi connectivity index (χ1) is 14.7. The van der Waals surface area contributed by atoms with Crippen LogP contribution in [0.4, 0.5) is 0 Å². The lowest BCUT2D eigenvalue weighted by Crippen LogP contribution is -2.33. The highest BCUT2D eigenvalue weighted by Gasteiger charge is 2.19. The minimum absolute atomic E-state index is 0.0915. The molecule has 30 heavy (non-hydrogen) atoms. The average molecular weight is 422 g/mol. The van der Waals surface area contributed by atoms with Crippen LogP contribution in [0.15, 0.2) is 58.5 Å². The number of hydrogen-bond acceptors (Lipinski definition) is 4. The van der Waals surface area contributed by atoms with E-state index in [-0.39, 0.29) is 11.5 Å². The number of carbonyl (C=O) groups excluding carboxylic acids is 1. The standard InChI is InChI=1S/C24H27N3O2S/c1-2-18-11-5-8-14-21(18)27-23(29)19-12-6-7-13-20(19)25-24(27)30-17-22(28)26-15-9-3-4-10-16-26/h5-8,11-14H,2-4,9-10,15-17H2,1H3. The molecule has 5 nitrogen and oxygen atoms in total. The monoisotopic (exact) mass is 421 g/mol. The Labute approximate surface area is 181 Å². The first-order valence-electron chi connectivity index (χ1n) is 10.7. The number of carbonyl (C=O) groups is 1. The number of hydrogen-bond donors (Lipinski definition) is 0. The maximum atomic E-state index is 13.4. The van der Waals surface area contributed by atoms with Gasteiger partial charge in [-0.1, -0.05) is 61.9 Å². The number of thioether (sulfide) groups is 1. The molecule has 1 aromatic heterocycles. The third kappa shape index (κ3) is 4.29. The van der Waals surface area contributed by atoms with Crippen LogP contribution >= 0.6 is 11.8 Å². The Morgan fingerprint density at radius 2 is 1.70 bits per heavy atom. The summed E-state index contributed by atoms with van der Waals surface area (Å²) in [5, 5.41) is 1.16. The van der Waals surface area contributed by atoms with E-state index in [4.69, 9.17) is 4.98 Å². The molecule has 0 saturated carbocycles. The third-order valence-electron chi connectivity index (χ3n) is 5.64. The molecular weight excluding hydrogens is 394 g/mol. The van der Waals surface area contributed by atoms with Crippen molar-refractivity contribution in [2.45, 2.75) is 44.2 Å². The van der Waals surface area contributed by atoms with Gasteiger partial charge in [-0.05, 0) is 43.0 Å². The lowest BCUT2D eigenvalue weighted by Gasteiger charge is -2.20. The maximum Gasteiger partial charge on any atom is 0.266 e. The third-order valence-corrected chi connectivity index (χ3v) is 6.57. The second-order valence-corrected chi connectivity index (χ2v) is 8.56. The summed E-state index contributed by atoms with van der Waals surface area (Å²) in [6.45, 7) is 3.74. The first kappa shape index (κ1) is 20.7. The van der Waals surface area contributed by atoms with Gasteiger partial charge in [-0.25, -0.2) is 4.98 Å². The fraction of sp³-hybridized carbons (Fsp3) is 0.375. The molecule has 0 unspecified atom stereocenters. The van der Waals surface area contributed by atoms with Crippen molar-refractivity contribution in [2.75, 3.05) is 18.8 Å². The van der Waals surface area contributed by atoms with E-state index < -0.39 is 0 Å². The summed E-state index contributed by atoms with van der Waals surface area (Å²) in [4.78, 5) is 33.0. The van der Waals surface area contributed by atoms with Crippen molar-refractivity contribution < 1.29 is 4.79 Å². The molecule has 1 aliphatic heterocycles. The molecule has 4 rings (SSSR count). The van der Waals surface area contributed by atoms with Gasteiger partial charge >= 0.3 is 0 Å². The van der Waals surface area contributed by atoms with Crippen LogP contribution in [0.3, 0.4) is 0 Å². The molecule has 2 heterocycles. The van der Waals surface area contributed by atoms with Crippen molar-refractivity contribution in [3.8, 4) is 5.69 Å². The zero-order valence-electron chi connectivity index (χ0n) is 17.3. The van der Waals surface area contributed by atoms with Gasteiger partial charge in [0.15, 0.2) is 5.16 Å². The molecule has 0 N–H and O–H groups in total. The fourth-order valence-electron chi connectivity index (χ4n) is 3.99. The normalized spacial score (nSPS) is 14.6. The zero-order chi connectivity index (χ0) is 20.9. The first-order valence-corrected chi connectivity index (χ1v) is 11.7. The van der Waals surface area contributed by atoms with Crippen LogP contribution in [-0.4, -0.2) is 39.2 Å². The minimum Gasteiger partial charge on any atom is -0.342 e. The molecule has 1 fully saturated rings. The highest BCUT2D eigenvalue weighted by atomic mass is 32.2. The fourth-order valence-corrected chi connectivity index (χ4v) is 4.90. The number of aryl methyl sites for hydroxylation is 1. The number of amides is 1. The quantitative estimate of drug-likeness (QED) is 0.451. The molecule has 156 valence electrons. The maximum absolute atomic E-state index is 13.4. The minimum atomic E-state index is -0.0915. The largest absolute Gasteiger partial charge is 0.342 e. The molecule has 0 spiro atoms. The Kier molecular flexibility index (Phi) is 6.53. The van der Waals surface area contributed by atoms with E-state index in [9.17, 15) is 9.59 Å². The smallest absolute Gasteiger partial charge is 0.266 e. The summed E-state index contributed by atoms with van der Waals surface area (Å²) in [5.41, 5.74) is 2.49. The molecule has 3 aromatic rings. The topological polar surface area (TPSA) is 55.2 Å². The van der Waals surface area contributed by atoms with Gasteiger partial charge in [-0.2, -0.15) is 0 Å². The summed E-state index contributed by atoms with van der Waals surface area (Å²) in [7, 11) is 0. The van der Waals surface area contributed by atoms with Gasteiger partial charge in [-0.3, -0.25) is 14.2 Å². The van der Waals surface area contributed by atoms with E-state index in [1.165, 1.54) is 24.6 Å². The summed E-state index contributed by atoms with van der Waals surface area (Å²) in [5.74, 6) is 0.415. The molecule has 0 aliphatic carbocycles. The summed E-state index contributed by atoms with van der Waals surface area (Å²) in [6.07, 6.45) is 5.33. The van der Waals surface area contributed by atoms with Gasteiger partial charge < -0.3 is 4.90 Å². The van der Waals surface area contributed by atoms with Crippen molar-refractivity contribution in [1.29, 1.82) is 0 Å². The van der Waals surface area contributed by atoms with Gasteiger partial charge in [0.05, 0.1) is 22.3 Å². The van der Waals surface area contributed by atoms with Crippen LogP contribution in [0.2, 0.25) is 0 Å². The number of rotatable bonds is 5. The Balaban J connectivity index is 1.73. The van der Waals surface area contributed by atoms with Gasteiger partial charge in [0.25, 0.3) is 5.56 Å². The summed E-state index contributed by atoms with van der Waals surface area (Å²) >= 11 is 1.36. The van der Waals surface area contributed by atoms with Gasteiger partial charge in [0, 0.05) is 13.1 Å². The van der Waals surface area contributed by atoms with Crippen LogP contribution in [0.1, 0.15) is 38.2 Å². The van der Waals surface area contributed by atoms with Gasteiger partial charge in [0.2, 0.25) is 5.91 Å². The van der Waals surface area contributed by atoms with E-state index in [1.807, 2.05) is 53.4 Å². The van der Waals surface area contributed by atoms with Gasteiger partial charge in [0.1, 0.15) is 0 Å². The van der Waals surface area contributed by atoms with Crippen molar-refractivity contribution >= 4 is 28.6 Å².